The van der Waals surface area contributed by atoms with Crippen LogP contribution in [0.2, 0.25) is 0 Å². The van der Waals surface area contributed by atoms with E-state index in [1.54, 1.807) is 4.68 Å². The van der Waals surface area contributed by atoms with E-state index in [0.717, 1.165) is 18.5 Å². The van der Waals surface area contributed by atoms with Crippen LogP contribution in [0.15, 0.2) is 6.07 Å². The molecule has 104 valence electrons. The lowest BCUT2D eigenvalue weighted by Crippen LogP contribution is -2.40. The topological polar surface area (TPSA) is 72.9 Å². The predicted molar refractivity (Wildman–Crippen MR) is 75.9 cm³/mol. The molecule has 1 amide bonds. The van der Waals surface area contributed by atoms with Crippen molar-refractivity contribution in [3.8, 4) is 0 Å². The average Bonchev–Trinajstić information content (AvgIpc) is 2.58. The number of anilines is 1. The van der Waals surface area contributed by atoms with Gasteiger partial charge in [0.1, 0.15) is 5.82 Å². The zero-order valence-electron chi connectivity index (χ0n) is 11.4. The van der Waals surface area contributed by atoms with Crippen molar-refractivity contribution in [1.82, 2.24) is 9.78 Å². The zero-order valence-corrected chi connectivity index (χ0v) is 12.3. The van der Waals surface area contributed by atoms with Gasteiger partial charge in [-0.1, -0.05) is 27.2 Å². The van der Waals surface area contributed by atoms with Crippen molar-refractivity contribution >= 4 is 24.1 Å². The number of carbonyl (C=O) groups excluding carboxylic acids is 1. The van der Waals surface area contributed by atoms with E-state index in [0.29, 0.717) is 5.82 Å². The van der Waals surface area contributed by atoms with E-state index < -0.39 is 6.04 Å². The first-order valence-electron chi connectivity index (χ1n) is 6.05. The molecular weight excluding hydrogens is 252 g/mol. The van der Waals surface area contributed by atoms with Crippen molar-refractivity contribution in [2.45, 2.75) is 39.7 Å². The maximum atomic E-state index is 11.8. The van der Waals surface area contributed by atoms with Crippen LogP contribution in [-0.4, -0.2) is 21.7 Å². The standard InChI is InChI=1S/C12H22N4O.ClH/c1-5-6-9-7-10(16(4)15-9)14-12(17)11(13)8(2)3;/h7-8,11H,5-6,13H2,1-4H3,(H,14,17);1H/t11-;/m0./s1. The quantitative estimate of drug-likeness (QED) is 0.859. The van der Waals surface area contributed by atoms with Gasteiger partial charge in [0, 0.05) is 13.1 Å². The Bertz CT molecular complexity index is 389. The highest BCUT2D eigenvalue weighted by Crippen LogP contribution is 2.11. The summed E-state index contributed by atoms with van der Waals surface area (Å²) in [6.45, 7) is 5.95. The largest absolute Gasteiger partial charge is 0.320 e. The molecule has 1 aromatic heterocycles. The van der Waals surface area contributed by atoms with Crippen molar-refractivity contribution in [2.75, 3.05) is 5.32 Å². The van der Waals surface area contributed by atoms with Crippen molar-refractivity contribution in [3.63, 3.8) is 0 Å². The molecule has 0 aliphatic carbocycles. The van der Waals surface area contributed by atoms with Gasteiger partial charge in [0.05, 0.1) is 11.7 Å². The summed E-state index contributed by atoms with van der Waals surface area (Å²) in [6, 6.07) is 1.41. The Balaban J connectivity index is 0.00000289. The summed E-state index contributed by atoms with van der Waals surface area (Å²) in [7, 11) is 1.82. The summed E-state index contributed by atoms with van der Waals surface area (Å²) >= 11 is 0. The molecule has 0 saturated heterocycles. The number of aryl methyl sites for hydroxylation is 2. The van der Waals surface area contributed by atoms with Gasteiger partial charge in [0.2, 0.25) is 5.91 Å². The fraction of sp³-hybridized carbons (Fsp3) is 0.667. The number of hydrogen-bond acceptors (Lipinski definition) is 3. The first-order chi connectivity index (χ1) is 7.95. The lowest BCUT2D eigenvalue weighted by molar-refractivity contribution is -0.118. The zero-order chi connectivity index (χ0) is 13.0. The number of nitrogens with two attached hydrogens (primary N) is 1. The first kappa shape index (κ1) is 16.9. The fourth-order valence-corrected chi connectivity index (χ4v) is 1.53. The van der Waals surface area contributed by atoms with E-state index in [4.69, 9.17) is 5.73 Å². The van der Waals surface area contributed by atoms with Crippen LogP contribution in [0.25, 0.3) is 0 Å². The summed E-state index contributed by atoms with van der Waals surface area (Å²) < 4.78 is 1.68. The molecule has 3 N–H and O–H groups in total. The van der Waals surface area contributed by atoms with E-state index in [-0.39, 0.29) is 24.2 Å². The molecule has 0 spiro atoms. The van der Waals surface area contributed by atoms with Gasteiger partial charge in [-0.2, -0.15) is 5.10 Å². The van der Waals surface area contributed by atoms with Gasteiger partial charge in [-0.15, -0.1) is 12.4 Å². The number of halogens is 1. The van der Waals surface area contributed by atoms with Crippen molar-refractivity contribution in [3.05, 3.63) is 11.8 Å². The van der Waals surface area contributed by atoms with Gasteiger partial charge < -0.3 is 11.1 Å². The molecule has 0 aliphatic rings. The van der Waals surface area contributed by atoms with Gasteiger partial charge in [0.25, 0.3) is 0 Å². The maximum absolute atomic E-state index is 11.8. The van der Waals surface area contributed by atoms with E-state index in [1.165, 1.54) is 0 Å². The predicted octanol–water partition coefficient (Wildman–Crippen LogP) is 1.72. The molecule has 5 nitrogen and oxygen atoms in total. The minimum atomic E-state index is -0.487. The Morgan fingerprint density at radius 1 is 1.56 bits per heavy atom. The summed E-state index contributed by atoms with van der Waals surface area (Å²) in [6.07, 6.45) is 1.95. The number of rotatable bonds is 5. The lowest BCUT2D eigenvalue weighted by Gasteiger charge is -2.14. The molecular formula is C12H23ClN4O. The number of carbonyl (C=O) groups is 1. The Hall–Kier alpha value is -1.07. The molecule has 1 rings (SSSR count). The maximum Gasteiger partial charge on any atom is 0.242 e. The van der Waals surface area contributed by atoms with Crippen LogP contribution in [0.3, 0.4) is 0 Å². The first-order valence-corrected chi connectivity index (χ1v) is 6.05. The highest BCUT2D eigenvalue weighted by molar-refractivity contribution is 5.94. The van der Waals surface area contributed by atoms with Crippen LogP contribution < -0.4 is 11.1 Å². The van der Waals surface area contributed by atoms with Crippen LogP contribution >= 0.6 is 12.4 Å². The Kier molecular flexibility index (Phi) is 6.94. The van der Waals surface area contributed by atoms with E-state index in [1.807, 2.05) is 27.0 Å². The number of nitrogens with one attached hydrogen (secondary N) is 1. The van der Waals surface area contributed by atoms with E-state index in [9.17, 15) is 4.79 Å². The lowest BCUT2D eigenvalue weighted by atomic mass is 10.1. The van der Waals surface area contributed by atoms with Gasteiger partial charge in [-0.25, -0.2) is 0 Å². The third-order valence-electron chi connectivity index (χ3n) is 2.71. The monoisotopic (exact) mass is 274 g/mol. The van der Waals surface area contributed by atoms with Crippen molar-refractivity contribution in [2.24, 2.45) is 18.7 Å². The van der Waals surface area contributed by atoms with Crippen molar-refractivity contribution < 1.29 is 4.79 Å². The Morgan fingerprint density at radius 3 is 2.67 bits per heavy atom. The van der Waals surface area contributed by atoms with Gasteiger partial charge in [0.15, 0.2) is 0 Å². The molecule has 0 aliphatic heterocycles. The molecule has 0 saturated carbocycles. The van der Waals surface area contributed by atoms with Gasteiger partial charge >= 0.3 is 0 Å². The molecule has 0 radical (unpaired) electrons. The Labute approximate surface area is 115 Å². The second kappa shape index (κ2) is 7.38. The van der Waals surface area contributed by atoms with Gasteiger partial charge in [-0.3, -0.25) is 9.48 Å². The average molecular weight is 275 g/mol. The second-order valence-electron chi connectivity index (χ2n) is 4.65. The second-order valence-corrected chi connectivity index (χ2v) is 4.65. The molecule has 18 heavy (non-hydrogen) atoms. The summed E-state index contributed by atoms with van der Waals surface area (Å²) in [4.78, 5) is 11.8. The van der Waals surface area contributed by atoms with Crippen LogP contribution in [0, 0.1) is 5.92 Å². The Morgan fingerprint density at radius 2 is 2.17 bits per heavy atom. The van der Waals surface area contributed by atoms with Crippen LogP contribution in [0.4, 0.5) is 5.82 Å². The number of hydrogen-bond donors (Lipinski definition) is 2. The van der Waals surface area contributed by atoms with E-state index in [2.05, 4.69) is 17.3 Å². The SMILES string of the molecule is CCCc1cc(NC(=O)[C@@H](N)C(C)C)n(C)n1.Cl. The summed E-state index contributed by atoms with van der Waals surface area (Å²) in [5.41, 5.74) is 6.77. The number of amides is 1. The number of nitrogens with zero attached hydrogens (tertiary/aromatic N) is 2. The molecule has 0 fully saturated rings. The molecule has 1 aromatic rings. The highest BCUT2D eigenvalue weighted by atomic mass is 35.5. The fourth-order valence-electron chi connectivity index (χ4n) is 1.53. The van der Waals surface area contributed by atoms with Crippen LogP contribution in [0.1, 0.15) is 32.9 Å². The smallest absolute Gasteiger partial charge is 0.242 e. The molecule has 6 heteroatoms. The molecule has 0 aromatic carbocycles. The molecule has 1 atom stereocenters. The summed E-state index contributed by atoms with van der Waals surface area (Å²) in [5.74, 6) is 0.666. The third-order valence-corrected chi connectivity index (χ3v) is 2.71. The molecule has 0 unspecified atom stereocenters. The minimum Gasteiger partial charge on any atom is -0.320 e. The minimum absolute atomic E-state index is 0. The molecule has 1 heterocycles. The van der Waals surface area contributed by atoms with E-state index >= 15 is 0 Å². The van der Waals surface area contributed by atoms with Crippen LogP contribution in [0.5, 0.6) is 0 Å². The normalized spacial score (nSPS) is 12.1. The van der Waals surface area contributed by atoms with Crippen LogP contribution in [-0.2, 0) is 18.3 Å². The highest BCUT2D eigenvalue weighted by Gasteiger charge is 2.18. The third kappa shape index (κ3) is 4.31. The number of aromatic nitrogens is 2. The summed E-state index contributed by atoms with van der Waals surface area (Å²) in [5, 5.41) is 7.13. The van der Waals surface area contributed by atoms with Gasteiger partial charge in [-0.05, 0) is 12.3 Å². The molecule has 0 bridgehead atoms. The van der Waals surface area contributed by atoms with Crippen molar-refractivity contribution in [1.29, 1.82) is 0 Å².